The SMILES string of the molecule is CC(=O)Nc1cc(NC(C)=O)cc(C(=O)NC[C@@H](c2ccco2)N2CCCCC2)c1. The Morgan fingerprint density at radius 1 is 1.00 bits per heavy atom. The molecule has 1 aromatic carbocycles. The molecule has 0 aliphatic carbocycles. The number of carbonyl (C=O) groups excluding carboxylic acids is 3. The zero-order chi connectivity index (χ0) is 21.5. The average molecular weight is 412 g/mol. The molecule has 1 fully saturated rings. The van der Waals surface area contributed by atoms with E-state index in [2.05, 4.69) is 20.9 Å². The Labute approximate surface area is 176 Å². The molecule has 30 heavy (non-hydrogen) atoms. The molecule has 1 aliphatic rings. The fourth-order valence-electron chi connectivity index (χ4n) is 3.72. The first-order valence-corrected chi connectivity index (χ1v) is 10.2. The Bertz CT molecular complexity index is 854. The van der Waals surface area contributed by atoms with Gasteiger partial charge in [0.05, 0.1) is 12.3 Å². The summed E-state index contributed by atoms with van der Waals surface area (Å²) in [5.41, 5.74) is 1.23. The summed E-state index contributed by atoms with van der Waals surface area (Å²) in [6, 6.07) is 8.52. The third-order valence-electron chi connectivity index (χ3n) is 4.99. The number of furan rings is 1. The van der Waals surface area contributed by atoms with E-state index in [0.29, 0.717) is 23.5 Å². The molecule has 160 valence electrons. The maximum absolute atomic E-state index is 12.9. The average Bonchev–Trinajstić information content (AvgIpc) is 3.22. The molecule has 3 rings (SSSR count). The third-order valence-corrected chi connectivity index (χ3v) is 4.99. The monoisotopic (exact) mass is 412 g/mol. The fraction of sp³-hybridized carbons (Fsp3) is 0.409. The molecule has 0 spiro atoms. The number of amides is 3. The van der Waals surface area contributed by atoms with Gasteiger partial charge < -0.3 is 20.4 Å². The van der Waals surface area contributed by atoms with Crippen LogP contribution in [0.3, 0.4) is 0 Å². The first kappa shape index (κ1) is 21.6. The molecule has 3 N–H and O–H groups in total. The molecule has 1 aromatic heterocycles. The minimum absolute atomic E-state index is 0.0439. The highest BCUT2D eigenvalue weighted by molar-refractivity contribution is 5.99. The summed E-state index contributed by atoms with van der Waals surface area (Å²) in [5, 5.41) is 8.30. The normalized spacial score (nSPS) is 15.3. The minimum atomic E-state index is -0.289. The molecule has 1 aliphatic heterocycles. The second-order valence-electron chi connectivity index (χ2n) is 7.50. The van der Waals surface area contributed by atoms with E-state index in [9.17, 15) is 14.4 Å². The van der Waals surface area contributed by atoms with Crippen molar-refractivity contribution >= 4 is 29.1 Å². The lowest BCUT2D eigenvalue weighted by atomic mass is 10.1. The summed E-state index contributed by atoms with van der Waals surface area (Å²) in [5.74, 6) is 0.0131. The summed E-state index contributed by atoms with van der Waals surface area (Å²) in [6.45, 7) is 5.10. The summed E-state index contributed by atoms with van der Waals surface area (Å²) < 4.78 is 5.62. The molecule has 3 amide bonds. The van der Waals surface area contributed by atoms with Crippen molar-refractivity contribution in [1.82, 2.24) is 10.2 Å². The molecule has 8 nitrogen and oxygen atoms in total. The maximum Gasteiger partial charge on any atom is 0.251 e. The number of rotatable bonds is 7. The first-order valence-electron chi connectivity index (χ1n) is 10.2. The van der Waals surface area contributed by atoms with Crippen LogP contribution in [0.4, 0.5) is 11.4 Å². The van der Waals surface area contributed by atoms with E-state index in [0.717, 1.165) is 31.7 Å². The molecule has 1 saturated heterocycles. The Kier molecular flexibility index (Phi) is 7.24. The number of carbonyl (C=O) groups is 3. The number of nitrogens with one attached hydrogen (secondary N) is 3. The van der Waals surface area contributed by atoms with Gasteiger partial charge in [0.1, 0.15) is 5.76 Å². The van der Waals surface area contributed by atoms with Crippen molar-refractivity contribution in [3.05, 3.63) is 47.9 Å². The molecular formula is C22H28N4O4. The molecule has 2 aromatic rings. The number of benzene rings is 1. The van der Waals surface area contributed by atoms with E-state index >= 15 is 0 Å². The molecule has 0 unspecified atom stereocenters. The lowest BCUT2D eigenvalue weighted by Gasteiger charge is -2.33. The van der Waals surface area contributed by atoms with E-state index in [-0.39, 0.29) is 23.8 Å². The predicted octanol–water partition coefficient (Wildman–Crippen LogP) is 3.15. The van der Waals surface area contributed by atoms with Crippen LogP contribution >= 0.6 is 0 Å². The molecule has 2 heterocycles. The van der Waals surface area contributed by atoms with Crippen molar-refractivity contribution in [3.63, 3.8) is 0 Å². The van der Waals surface area contributed by atoms with Crippen molar-refractivity contribution in [3.8, 4) is 0 Å². The largest absolute Gasteiger partial charge is 0.468 e. The van der Waals surface area contributed by atoms with Crippen LogP contribution in [-0.2, 0) is 9.59 Å². The van der Waals surface area contributed by atoms with Crippen LogP contribution in [0.15, 0.2) is 41.0 Å². The Balaban J connectivity index is 1.76. The third kappa shape index (κ3) is 5.93. The quantitative estimate of drug-likeness (QED) is 0.648. The highest BCUT2D eigenvalue weighted by Crippen LogP contribution is 2.25. The van der Waals surface area contributed by atoms with Gasteiger partial charge in [0.15, 0.2) is 0 Å². The van der Waals surface area contributed by atoms with Gasteiger partial charge in [0, 0.05) is 37.3 Å². The van der Waals surface area contributed by atoms with Crippen molar-refractivity contribution < 1.29 is 18.8 Å². The van der Waals surface area contributed by atoms with Gasteiger partial charge in [0.25, 0.3) is 5.91 Å². The van der Waals surface area contributed by atoms with Crippen LogP contribution < -0.4 is 16.0 Å². The standard InChI is InChI=1S/C22H28N4O4/c1-15(27)24-18-11-17(12-19(13-18)25-16(2)28)22(29)23-14-20(21-7-6-10-30-21)26-8-4-3-5-9-26/h6-7,10-13,20H,3-5,8-9,14H2,1-2H3,(H,23,29)(H,24,27)(H,25,28)/t20-/m0/s1. The van der Waals surface area contributed by atoms with Crippen LogP contribution in [0.1, 0.15) is 55.3 Å². The highest BCUT2D eigenvalue weighted by atomic mass is 16.3. The first-order chi connectivity index (χ1) is 14.4. The lowest BCUT2D eigenvalue weighted by Crippen LogP contribution is -2.40. The van der Waals surface area contributed by atoms with Crippen molar-refractivity contribution in [2.75, 3.05) is 30.3 Å². The second-order valence-corrected chi connectivity index (χ2v) is 7.50. The number of nitrogens with zero attached hydrogens (tertiary/aromatic N) is 1. The zero-order valence-electron chi connectivity index (χ0n) is 17.4. The lowest BCUT2D eigenvalue weighted by molar-refractivity contribution is -0.115. The van der Waals surface area contributed by atoms with Gasteiger partial charge in [-0.25, -0.2) is 0 Å². The number of hydrogen-bond donors (Lipinski definition) is 3. The van der Waals surface area contributed by atoms with E-state index < -0.39 is 0 Å². The molecule has 0 bridgehead atoms. The minimum Gasteiger partial charge on any atom is -0.468 e. The van der Waals surface area contributed by atoms with Crippen LogP contribution in [0, 0.1) is 0 Å². The van der Waals surface area contributed by atoms with Gasteiger partial charge in [-0.2, -0.15) is 0 Å². The van der Waals surface area contributed by atoms with Gasteiger partial charge in [-0.15, -0.1) is 0 Å². The smallest absolute Gasteiger partial charge is 0.251 e. The van der Waals surface area contributed by atoms with Gasteiger partial charge >= 0.3 is 0 Å². The Hall–Kier alpha value is -3.13. The fourth-order valence-corrected chi connectivity index (χ4v) is 3.72. The van der Waals surface area contributed by atoms with Gasteiger partial charge in [-0.1, -0.05) is 6.42 Å². The van der Waals surface area contributed by atoms with Gasteiger partial charge in [-0.3, -0.25) is 19.3 Å². The van der Waals surface area contributed by atoms with E-state index in [1.54, 1.807) is 24.5 Å². The molecule has 0 radical (unpaired) electrons. The number of anilines is 2. The van der Waals surface area contributed by atoms with Gasteiger partial charge in [0.2, 0.25) is 11.8 Å². The summed E-state index contributed by atoms with van der Waals surface area (Å²) in [6.07, 6.45) is 5.12. The topological polar surface area (TPSA) is 104 Å². The summed E-state index contributed by atoms with van der Waals surface area (Å²) in [7, 11) is 0. The van der Waals surface area contributed by atoms with Crippen LogP contribution in [0.2, 0.25) is 0 Å². The Morgan fingerprint density at radius 3 is 2.17 bits per heavy atom. The van der Waals surface area contributed by atoms with E-state index in [1.807, 2.05) is 12.1 Å². The molecule has 1 atom stereocenters. The number of hydrogen-bond acceptors (Lipinski definition) is 5. The molecule has 8 heteroatoms. The predicted molar refractivity (Wildman–Crippen MR) is 114 cm³/mol. The van der Waals surface area contributed by atoms with E-state index in [1.165, 1.54) is 20.3 Å². The molecule has 0 saturated carbocycles. The number of piperidine rings is 1. The Morgan fingerprint density at radius 2 is 1.63 bits per heavy atom. The second kappa shape index (κ2) is 10.1. The highest BCUT2D eigenvalue weighted by Gasteiger charge is 2.25. The number of likely N-dealkylation sites (tertiary alicyclic amines) is 1. The van der Waals surface area contributed by atoms with Crippen molar-refractivity contribution in [2.45, 2.75) is 39.2 Å². The van der Waals surface area contributed by atoms with Crippen molar-refractivity contribution in [1.29, 1.82) is 0 Å². The summed E-state index contributed by atoms with van der Waals surface area (Å²) >= 11 is 0. The molecular weight excluding hydrogens is 384 g/mol. The van der Waals surface area contributed by atoms with Gasteiger partial charge in [-0.05, 0) is 56.3 Å². The maximum atomic E-state index is 12.9. The summed E-state index contributed by atoms with van der Waals surface area (Å²) in [4.78, 5) is 38.1. The van der Waals surface area contributed by atoms with Crippen molar-refractivity contribution in [2.24, 2.45) is 0 Å². The van der Waals surface area contributed by atoms with Crippen LogP contribution in [0.25, 0.3) is 0 Å². The van der Waals surface area contributed by atoms with E-state index in [4.69, 9.17) is 4.42 Å². The van der Waals surface area contributed by atoms with Crippen LogP contribution in [-0.4, -0.2) is 42.3 Å². The zero-order valence-corrected chi connectivity index (χ0v) is 17.4. The van der Waals surface area contributed by atoms with Crippen LogP contribution in [0.5, 0.6) is 0 Å².